The van der Waals surface area contributed by atoms with Crippen LogP contribution in [-0.2, 0) is 0 Å². The maximum atomic E-state index is 3.52. The molecular weight excluding hydrogens is 164 g/mol. The van der Waals surface area contributed by atoms with Gasteiger partial charge in [-0.05, 0) is 37.0 Å². The zero-order valence-electron chi connectivity index (χ0n) is 4.94. The molecule has 0 amide bonds. The third-order valence-corrected chi connectivity index (χ3v) is 3.48. The van der Waals surface area contributed by atoms with E-state index in [1.807, 2.05) is 0 Å². The van der Waals surface area contributed by atoms with Crippen LogP contribution in [-0.4, -0.2) is 5.33 Å². The maximum Gasteiger partial charge on any atom is 0.00598 e. The highest BCUT2D eigenvalue weighted by Crippen LogP contribution is 2.54. The van der Waals surface area contributed by atoms with Gasteiger partial charge in [-0.1, -0.05) is 15.9 Å². The predicted octanol–water partition coefficient (Wildman–Crippen LogP) is 2.43. The Morgan fingerprint density at radius 3 is 2.12 bits per heavy atom. The van der Waals surface area contributed by atoms with Gasteiger partial charge in [-0.2, -0.15) is 0 Å². The fourth-order valence-corrected chi connectivity index (χ4v) is 2.49. The van der Waals surface area contributed by atoms with Crippen molar-refractivity contribution >= 4 is 15.9 Å². The van der Waals surface area contributed by atoms with E-state index in [4.69, 9.17) is 0 Å². The molecule has 1 heteroatoms. The first-order valence-electron chi connectivity index (χ1n) is 3.46. The molecule has 0 heterocycles. The van der Waals surface area contributed by atoms with Crippen LogP contribution in [0.25, 0.3) is 0 Å². The lowest BCUT2D eigenvalue weighted by Crippen LogP contribution is -1.96. The SMILES string of the molecule is BrCC1C[C@@H]2C[C@@H]2C1. The molecule has 1 unspecified atom stereocenters. The molecule has 0 bridgehead atoms. The summed E-state index contributed by atoms with van der Waals surface area (Å²) in [5, 5.41) is 1.25. The molecule has 2 aliphatic carbocycles. The summed E-state index contributed by atoms with van der Waals surface area (Å²) in [6.07, 6.45) is 4.61. The van der Waals surface area contributed by atoms with Crippen molar-refractivity contribution in [2.24, 2.45) is 17.8 Å². The van der Waals surface area contributed by atoms with Crippen LogP contribution in [0.1, 0.15) is 19.3 Å². The van der Waals surface area contributed by atoms with Crippen LogP contribution in [0.3, 0.4) is 0 Å². The van der Waals surface area contributed by atoms with E-state index >= 15 is 0 Å². The third kappa shape index (κ3) is 0.717. The molecule has 46 valence electrons. The van der Waals surface area contributed by atoms with Crippen molar-refractivity contribution in [3.8, 4) is 0 Å². The second-order valence-corrected chi connectivity index (χ2v) is 3.90. The van der Waals surface area contributed by atoms with Crippen molar-refractivity contribution in [2.45, 2.75) is 19.3 Å². The second-order valence-electron chi connectivity index (χ2n) is 3.25. The molecule has 8 heavy (non-hydrogen) atoms. The van der Waals surface area contributed by atoms with Gasteiger partial charge in [0, 0.05) is 5.33 Å². The molecule has 0 radical (unpaired) electrons. The van der Waals surface area contributed by atoms with E-state index in [9.17, 15) is 0 Å². The van der Waals surface area contributed by atoms with Gasteiger partial charge in [0.05, 0.1) is 0 Å². The van der Waals surface area contributed by atoms with Gasteiger partial charge in [0.1, 0.15) is 0 Å². The van der Waals surface area contributed by atoms with Crippen molar-refractivity contribution in [1.29, 1.82) is 0 Å². The first-order chi connectivity index (χ1) is 3.90. The predicted molar refractivity (Wildman–Crippen MR) is 38.1 cm³/mol. The van der Waals surface area contributed by atoms with Crippen LogP contribution in [0.5, 0.6) is 0 Å². The Morgan fingerprint density at radius 1 is 1.12 bits per heavy atom. The minimum Gasteiger partial charge on any atom is -0.0925 e. The van der Waals surface area contributed by atoms with Crippen LogP contribution in [0.4, 0.5) is 0 Å². The van der Waals surface area contributed by atoms with Crippen molar-refractivity contribution in [2.75, 3.05) is 5.33 Å². The van der Waals surface area contributed by atoms with Crippen molar-refractivity contribution < 1.29 is 0 Å². The number of hydrogen-bond acceptors (Lipinski definition) is 0. The summed E-state index contributed by atoms with van der Waals surface area (Å²) in [6, 6.07) is 0. The lowest BCUT2D eigenvalue weighted by molar-refractivity contribution is 0.547. The molecule has 0 saturated heterocycles. The molecule has 0 aromatic heterocycles. The molecule has 0 N–H and O–H groups in total. The van der Waals surface area contributed by atoms with Crippen LogP contribution in [0, 0.1) is 17.8 Å². The summed E-state index contributed by atoms with van der Waals surface area (Å²) in [6.45, 7) is 0. The highest BCUT2D eigenvalue weighted by atomic mass is 79.9. The van der Waals surface area contributed by atoms with E-state index in [1.54, 1.807) is 6.42 Å². The average Bonchev–Trinajstić information content (AvgIpc) is 2.40. The van der Waals surface area contributed by atoms with Gasteiger partial charge in [0.2, 0.25) is 0 Å². The Morgan fingerprint density at radius 2 is 1.75 bits per heavy atom. The zero-order chi connectivity index (χ0) is 5.56. The fraction of sp³-hybridized carbons (Fsp3) is 1.00. The van der Waals surface area contributed by atoms with Gasteiger partial charge < -0.3 is 0 Å². The monoisotopic (exact) mass is 174 g/mol. The summed E-state index contributed by atoms with van der Waals surface area (Å²) in [5.41, 5.74) is 0. The zero-order valence-corrected chi connectivity index (χ0v) is 6.52. The van der Waals surface area contributed by atoms with E-state index in [-0.39, 0.29) is 0 Å². The van der Waals surface area contributed by atoms with E-state index < -0.39 is 0 Å². The Bertz CT molecular complexity index is 90.6. The van der Waals surface area contributed by atoms with Crippen molar-refractivity contribution in [3.63, 3.8) is 0 Å². The number of halogens is 1. The quantitative estimate of drug-likeness (QED) is 0.537. The van der Waals surface area contributed by atoms with E-state index in [0.717, 1.165) is 17.8 Å². The standard InChI is InChI=1S/C7H11Br/c8-4-5-1-6-3-7(6)2-5/h5-7H,1-4H2/t5?,6-,7+. The smallest absolute Gasteiger partial charge is 0.00598 e. The van der Waals surface area contributed by atoms with Gasteiger partial charge in [0.25, 0.3) is 0 Å². The number of alkyl halides is 1. The molecule has 0 nitrogen and oxygen atoms in total. The summed E-state index contributed by atoms with van der Waals surface area (Å²) in [4.78, 5) is 0. The van der Waals surface area contributed by atoms with E-state index in [2.05, 4.69) is 15.9 Å². The van der Waals surface area contributed by atoms with E-state index in [0.29, 0.717) is 0 Å². The third-order valence-electron chi connectivity index (χ3n) is 2.56. The molecule has 2 rings (SSSR count). The van der Waals surface area contributed by atoms with Gasteiger partial charge in [-0.3, -0.25) is 0 Å². The van der Waals surface area contributed by atoms with Gasteiger partial charge in [0.15, 0.2) is 0 Å². The van der Waals surface area contributed by atoms with Gasteiger partial charge >= 0.3 is 0 Å². The summed E-state index contributed by atoms with van der Waals surface area (Å²) in [7, 11) is 0. The number of rotatable bonds is 1. The second kappa shape index (κ2) is 1.73. The van der Waals surface area contributed by atoms with Crippen LogP contribution >= 0.6 is 15.9 Å². The highest BCUT2D eigenvalue weighted by Gasteiger charge is 2.44. The molecule has 2 aliphatic rings. The first-order valence-corrected chi connectivity index (χ1v) is 4.58. The highest BCUT2D eigenvalue weighted by molar-refractivity contribution is 9.09. The van der Waals surface area contributed by atoms with Crippen LogP contribution in [0.15, 0.2) is 0 Å². The molecule has 2 fully saturated rings. The number of hydrogen-bond donors (Lipinski definition) is 0. The molecule has 2 saturated carbocycles. The summed E-state index contributed by atoms with van der Waals surface area (Å²) >= 11 is 3.52. The Labute approximate surface area is 58.8 Å². The summed E-state index contributed by atoms with van der Waals surface area (Å²) < 4.78 is 0. The Kier molecular flexibility index (Phi) is 1.14. The molecule has 0 spiro atoms. The summed E-state index contributed by atoms with van der Waals surface area (Å²) in [5.74, 6) is 3.37. The largest absolute Gasteiger partial charge is 0.0925 e. The fourth-order valence-electron chi connectivity index (χ4n) is 1.97. The van der Waals surface area contributed by atoms with Crippen LogP contribution in [0.2, 0.25) is 0 Å². The first kappa shape index (κ1) is 5.28. The normalized spacial score (nSPS) is 51.4. The average molecular weight is 175 g/mol. The lowest BCUT2D eigenvalue weighted by Gasteiger charge is -2.03. The molecular formula is C7H11Br. The van der Waals surface area contributed by atoms with Crippen LogP contribution < -0.4 is 0 Å². The minimum atomic E-state index is 1.04. The van der Waals surface area contributed by atoms with Crippen molar-refractivity contribution in [3.05, 3.63) is 0 Å². The van der Waals surface area contributed by atoms with E-state index in [1.165, 1.54) is 18.2 Å². The number of fused-ring (bicyclic) bond motifs is 1. The molecule has 0 aliphatic heterocycles. The topological polar surface area (TPSA) is 0 Å². The molecule has 0 aromatic carbocycles. The van der Waals surface area contributed by atoms with Gasteiger partial charge in [-0.15, -0.1) is 0 Å². The minimum absolute atomic E-state index is 1.04. The Balaban J connectivity index is 1.89. The van der Waals surface area contributed by atoms with Crippen molar-refractivity contribution in [1.82, 2.24) is 0 Å². The maximum absolute atomic E-state index is 3.52. The van der Waals surface area contributed by atoms with Gasteiger partial charge in [-0.25, -0.2) is 0 Å². The molecule has 0 aromatic rings. The Hall–Kier alpha value is 0.480. The lowest BCUT2D eigenvalue weighted by atomic mass is 10.1. The molecule has 3 atom stereocenters.